The van der Waals surface area contributed by atoms with Gasteiger partial charge in [0, 0.05) is 11.5 Å². The summed E-state index contributed by atoms with van der Waals surface area (Å²) in [4.78, 5) is 0. The highest BCUT2D eigenvalue weighted by Gasteiger charge is 2.26. The van der Waals surface area contributed by atoms with Crippen molar-refractivity contribution >= 4 is 23.2 Å². The van der Waals surface area contributed by atoms with E-state index in [9.17, 15) is 0 Å². The molecule has 0 unspecified atom stereocenters. The van der Waals surface area contributed by atoms with Crippen LogP contribution in [0.1, 0.15) is 26.6 Å². The molecule has 0 radical (unpaired) electrons. The minimum Gasteiger partial charge on any atom is -0.495 e. The van der Waals surface area contributed by atoms with Crippen molar-refractivity contribution in [3.8, 4) is 17.2 Å². The second-order valence-electron chi connectivity index (χ2n) is 5.54. The van der Waals surface area contributed by atoms with E-state index in [1.807, 2.05) is 20.8 Å². The summed E-state index contributed by atoms with van der Waals surface area (Å²) in [5.74, 6) is 1.81. The summed E-state index contributed by atoms with van der Waals surface area (Å²) in [6, 6.07) is 3.43. The Balaban J connectivity index is 2.73. The van der Waals surface area contributed by atoms with Gasteiger partial charge in [-0.25, -0.2) is 0 Å². The SMILES string of the molecule is COc1cc(OC)c(-n2c(Cl)nnc2C(C)(C)C)cc1Cl. The first-order chi connectivity index (χ1) is 9.79. The Hall–Kier alpha value is -1.46. The van der Waals surface area contributed by atoms with Gasteiger partial charge in [0.05, 0.1) is 24.9 Å². The van der Waals surface area contributed by atoms with Gasteiger partial charge in [0.25, 0.3) is 0 Å². The normalized spacial score (nSPS) is 11.6. The maximum Gasteiger partial charge on any atom is 0.229 e. The van der Waals surface area contributed by atoms with Gasteiger partial charge in [-0.15, -0.1) is 10.2 Å². The monoisotopic (exact) mass is 329 g/mol. The summed E-state index contributed by atoms with van der Waals surface area (Å²) in [6.07, 6.45) is 0. The summed E-state index contributed by atoms with van der Waals surface area (Å²) in [5, 5.41) is 8.82. The lowest BCUT2D eigenvalue weighted by molar-refractivity contribution is 0.392. The van der Waals surface area contributed by atoms with Crippen LogP contribution in [0.2, 0.25) is 10.3 Å². The lowest BCUT2D eigenvalue weighted by Gasteiger charge is -2.21. The maximum atomic E-state index is 6.22. The first-order valence-corrected chi connectivity index (χ1v) is 7.08. The number of halogens is 2. The predicted octanol–water partition coefficient (Wildman–Crippen LogP) is 3.89. The minimum absolute atomic E-state index is 0.239. The first-order valence-electron chi connectivity index (χ1n) is 6.33. The number of benzene rings is 1. The van der Waals surface area contributed by atoms with Gasteiger partial charge in [0.1, 0.15) is 17.3 Å². The average molecular weight is 330 g/mol. The van der Waals surface area contributed by atoms with Crippen LogP contribution in [0.4, 0.5) is 0 Å². The highest BCUT2D eigenvalue weighted by atomic mass is 35.5. The standard InChI is InChI=1S/C14H17Cl2N3O2/c1-14(2,3)12-17-18-13(16)19(12)9-6-8(15)10(20-4)7-11(9)21-5/h6-7H,1-5H3. The second-order valence-corrected chi connectivity index (χ2v) is 6.28. The third-order valence-electron chi connectivity index (χ3n) is 2.99. The molecule has 0 atom stereocenters. The number of hydrogen-bond acceptors (Lipinski definition) is 4. The minimum atomic E-state index is -0.239. The predicted molar refractivity (Wildman–Crippen MR) is 83.2 cm³/mol. The van der Waals surface area contributed by atoms with Crippen LogP contribution in [0.15, 0.2) is 12.1 Å². The molecule has 21 heavy (non-hydrogen) atoms. The third kappa shape index (κ3) is 2.94. The summed E-state index contributed by atoms with van der Waals surface area (Å²) in [5.41, 5.74) is 0.431. The molecule has 0 aliphatic rings. The van der Waals surface area contributed by atoms with Gasteiger partial charge in [0.2, 0.25) is 5.28 Å². The van der Waals surface area contributed by atoms with Crippen LogP contribution in [0.25, 0.3) is 5.69 Å². The van der Waals surface area contributed by atoms with Crippen LogP contribution < -0.4 is 9.47 Å². The van der Waals surface area contributed by atoms with Gasteiger partial charge in [-0.2, -0.15) is 0 Å². The second kappa shape index (κ2) is 5.73. The van der Waals surface area contributed by atoms with Crippen molar-refractivity contribution in [2.45, 2.75) is 26.2 Å². The van der Waals surface area contributed by atoms with Gasteiger partial charge in [0.15, 0.2) is 0 Å². The zero-order chi connectivity index (χ0) is 15.8. The molecule has 7 heteroatoms. The van der Waals surface area contributed by atoms with Gasteiger partial charge in [-0.3, -0.25) is 4.57 Å². The summed E-state index contributed by atoms with van der Waals surface area (Å²) in [6.45, 7) is 6.09. The highest BCUT2D eigenvalue weighted by molar-refractivity contribution is 6.32. The van der Waals surface area contributed by atoms with Crippen molar-refractivity contribution in [2.75, 3.05) is 14.2 Å². The van der Waals surface area contributed by atoms with Crippen molar-refractivity contribution in [3.05, 3.63) is 28.3 Å². The fourth-order valence-corrected chi connectivity index (χ4v) is 2.43. The molecule has 0 fully saturated rings. The zero-order valence-corrected chi connectivity index (χ0v) is 14.1. The fraction of sp³-hybridized carbons (Fsp3) is 0.429. The average Bonchev–Trinajstić information content (AvgIpc) is 2.80. The van der Waals surface area contributed by atoms with Gasteiger partial charge < -0.3 is 9.47 Å². The molecule has 0 spiro atoms. The maximum absolute atomic E-state index is 6.22. The number of methoxy groups -OCH3 is 2. The Morgan fingerprint density at radius 2 is 1.62 bits per heavy atom. The van der Waals surface area contributed by atoms with E-state index in [4.69, 9.17) is 32.7 Å². The number of aromatic nitrogens is 3. The fourth-order valence-electron chi connectivity index (χ4n) is 1.98. The van der Waals surface area contributed by atoms with Crippen LogP contribution >= 0.6 is 23.2 Å². The van der Waals surface area contributed by atoms with E-state index < -0.39 is 0 Å². The van der Waals surface area contributed by atoms with Crippen LogP contribution in [-0.4, -0.2) is 29.0 Å². The molecule has 0 bridgehead atoms. The molecule has 0 N–H and O–H groups in total. The summed E-state index contributed by atoms with van der Waals surface area (Å²) < 4.78 is 12.3. The summed E-state index contributed by atoms with van der Waals surface area (Å²) >= 11 is 12.4. The Morgan fingerprint density at radius 1 is 1.00 bits per heavy atom. The van der Waals surface area contributed by atoms with E-state index in [1.54, 1.807) is 30.9 Å². The molecule has 2 aromatic rings. The van der Waals surface area contributed by atoms with Crippen molar-refractivity contribution in [3.63, 3.8) is 0 Å². The van der Waals surface area contributed by atoms with E-state index in [2.05, 4.69) is 10.2 Å². The Labute approximate surface area is 133 Å². The van der Waals surface area contributed by atoms with E-state index in [0.717, 1.165) is 0 Å². The quantitative estimate of drug-likeness (QED) is 0.857. The van der Waals surface area contributed by atoms with Gasteiger partial charge in [-0.05, 0) is 17.7 Å². The molecule has 1 aromatic carbocycles. The lowest BCUT2D eigenvalue weighted by atomic mass is 9.95. The molecular weight excluding hydrogens is 313 g/mol. The topological polar surface area (TPSA) is 49.2 Å². The summed E-state index contributed by atoms with van der Waals surface area (Å²) in [7, 11) is 3.12. The van der Waals surface area contributed by atoms with Crippen molar-refractivity contribution in [1.82, 2.24) is 14.8 Å². The van der Waals surface area contributed by atoms with Crippen LogP contribution in [0.3, 0.4) is 0 Å². The third-order valence-corrected chi connectivity index (χ3v) is 3.53. The molecule has 0 aliphatic carbocycles. The molecule has 0 saturated carbocycles. The van der Waals surface area contributed by atoms with Crippen LogP contribution in [0.5, 0.6) is 11.5 Å². The smallest absolute Gasteiger partial charge is 0.229 e. The number of rotatable bonds is 3. The zero-order valence-electron chi connectivity index (χ0n) is 12.6. The molecule has 2 rings (SSSR count). The largest absolute Gasteiger partial charge is 0.495 e. The number of ether oxygens (including phenoxy) is 2. The van der Waals surface area contributed by atoms with E-state index >= 15 is 0 Å². The molecule has 0 aliphatic heterocycles. The molecule has 1 aromatic heterocycles. The molecule has 5 nitrogen and oxygen atoms in total. The van der Waals surface area contributed by atoms with Gasteiger partial charge in [-0.1, -0.05) is 32.4 Å². The Kier molecular flexibility index (Phi) is 4.35. The first kappa shape index (κ1) is 15.9. The van der Waals surface area contributed by atoms with E-state index in [1.165, 1.54) is 0 Å². The molecular formula is C14H17Cl2N3O2. The molecule has 1 heterocycles. The molecule has 0 amide bonds. The number of nitrogens with zero attached hydrogens (tertiary/aromatic N) is 3. The Morgan fingerprint density at radius 3 is 2.14 bits per heavy atom. The van der Waals surface area contributed by atoms with Gasteiger partial charge >= 0.3 is 0 Å². The van der Waals surface area contributed by atoms with Crippen molar-refractivity contribution < 1.29 is 9.47 Å². The molecule has 0 saturated heterocycles. The number of hydrogen-bond donors (Lipinski definition) is 0. The van der Waals surface area contributed by atoms with Crippen LogP contribution in [0, 0.1) is 0 Å². The van der Waals surface area contributed by atoms with Crippen LogP contribution in [-0.2, 0) is 5.41 Å². The van der Waals surface area contributed by atoms with Crippen molar-refractivity contribution in [2.24, 2.45) is 0 Å². The Bertz CT molecular complexity index is 663. The van der Waals surface area contributed by atoms with E-state index in [-0.39, 0.29) is 10.7 Å². The highest BCUT2D eigenvalue weighted by Crippen LogP contribution is 2.37. The lowest BCUT2D eigenvalue weighted by Crippen LogP contribution is -2.18. The van der Waals surface area contributed by atoms with Crippen molar-refractivity contribution in [1.29, 1.82) is 0 Å². The van der Waals surface area contributed by atoms with E-state index in [0.29, 0.717) is 28.0 Å². The molecule has 114 valence electrons.